The topological polar surface area (TPSA) is 68.2 Å². The first-order valence-electron chi connectivity index (χ1n) is 8.64. The van der Waals surface area contributed by atoms with Crippen LogP contribution in [0.4, 0.5) is 13.2 Å². The molecule has 1 aromatic carbocycles. The van der Waals surface area contributed by atoms with E-state index < -0.39 is 6.36 Å². The molecule has 0 radical (unpaired) electrons. The van der Waals surface area contributed by atoms with Gasteiger partial charge in [0.1, 0.15) is 5.75 Å². The van der Waals surface area contributed by atoms with E-state index in [2.05, 4.69) is 20.5 Å². The van der Waals surface area contributed by atoms with E-state index in [9.17, 15) is 18.0 Å². The van der Waals surface area contributed by atoms with Crippen molar-refractivity contribution in [2.45, 2.75) is 18.7 Å². The summed E-state index contributed by atoms with van der Waals surface area (Å²) in [6.07, 6.45) is -0.854. The standard InChI is InChI=1S/C18H21F3N4O2/c1-25-11-13(8-24-25)14-9-22-10-15(14)17(26)23-7-6-12-4-2-3-5-16(12)27-18(19,20)21/h2-5,8,11,14-15,22H,6-7,9-10H2,1H3,(H,23,26)/t14-,15+/m1/s1. The van der Waals surface area contributed by atoms with E-state index in [4.69, 9.17) is 0 Å². The summed E-state index contributed by atoms with van der Waals surface area (Å²) in [5.74, 6) is -0.575. The minimum atomic E-state index is -4.74. The number of amides is 1. The van der Waals surface area contributed by atoms with Crippen molar-refractivity contribution in [3.8, 4) is 5.75 Å². The van der Waals surface area contributed by atoms with E-state index in [0.717, 1.165) is 5.56 Å². The highest BCUT2D eigenvalue weighted by Crippen LogP contribution is 2.28. The molecule has 0 spiro atoms. The predicted octanol–water partition coefficient (Wildman–Crippen LogP) is 1.98. The Hall–Kier alpha value is -2.55. The molecule has 9 heteroatoms. The van der Waals surface area contributed by atoms with Crippen molar-refractivity contribution >= 4 is 5.91 Å². The molecule has 0 saturated carbocycles. The van der Waals surface area contributed by atoms with E-state index in [0.29, 0.717) is 18.7 Å². The van der Waals surface area contributed by atoms with E-state index >= 15 is 0 Å². The molecular weight excluding hydrogens is 361 g/mol. The van der Waals surface area contributed by atoms with Gasteiger partial charge in [-0.25, -0.2) is 0 Å². The van der Waals surface area contributed by atoms with Crippen LogP contribution in [-0.4, -0.2) is 41.7 Å². The zero-order valence-corrected chi connectivity index (χ0v) is 14.8. The maximum Gasteiger partial charge on any atom is 0.573 e. The molecule has 1 aliphatic heterocycles. The number of nitrogens with one attached hydrogen (secondary N) is 2. The number of aryl methyl sites for hydroxylation is 1. The summed E-state index contributed by atoms with van der Waals surface area (Å²) in [6.45, 7) is 1.47. The largest absolute Gasteiger partial charge is 0.573 e. The molecule has 1 amide bonds. The smallest absolute Gasteiger partial charge is 0.406 e. The minimum Gasteiger partial charge on any atom is -0.406 e. The fraction of sp³-hybridized carbons (Fsp3) is 0.444. The number of hydrogen-bond acceptors (Lipinski definition) is 4. The summed E-state index contributed by atoms with van der Waals surface area (Å²) in [7, 11) is 1.82. The first kappa shape index (κ1) is 19.2. The van der Waals surface area contributed by atoms with Gasteiger partial charge in [-0.2, -0.15) is 5.10 Å². The third kappa shape index (κ3) is 5.00. The molecule has 27 heavy (non-hydrogen) atoms. The van der Waals surface area contributed by atoms with Crippen LogP contribution in [0.3, 0.4) is 0 Å². The number of rotatable bonds is 6. The second-order valence-electron chi connectivity index (χ2n) is 6.52. The average molecular weight is 382 g/mol. The summed E-state index contributed by atoms with van der Waals surface area (Å²) in [5, 5.41) is 10.2. The van der Waals surface area contributed by atoms with Crippen molar-refractivity contribution in [1.82, 2.24) is 20.4 Å². The molecule has 146 valence electrons. The van der Waals surface area contributed by atoms with Gasteiger partial charge in [-0.1, -0.05) is 18.2 Å². The number of aromatic nitrogens is 2. The zero-order chi connectivity index (χ0) is 19.4. The number of para-hydroxylation sites is 1. The number of alkyl halides is 3. The van der Waals surface area contributed by atoms with Crippen molar-refractivity contribution < 1.29 is 22.7 Å². The van der Waals surface area contributed by atoms with Gasteiger partial charge in [-0.05, 0) is 23.6 Å². The van der Waals surface area contributed by atoms with Crippen LogP contribution in [0, 0.1) is 5.92 Å². The Kier molecular flexibility index (Phi) is 5.69. The molecular formula is C18H21F3N4O2. The lowest BCUT2D eigenvalue weighted by Gasteiger charge is -2.17. The predicted molar refractivity (Wildman–Crippen MR) is 92.1 cm³/mol. The molecule has 2 atom stereocenters. The fourth-order valence-corrected chi connectivity index (χ4v) is 3.32. The van der Waals surface area contributed by atoms with Crippen LogP contribution in [0.15, 0.2) is 36.7 Å². The maximum atomic E-state index is 12.6. The summed E-state index contributed by atoms with van der Waals surface area (Å²) < 4.78 is 43.2. The Labute approximate surface area is 154 Å². The first-order chi connectivity index (χ1) is 12.8. The second kappa shape index (κ2) is 7.99. The lowest BCUT2D eigenvalue weighted by Crippen LogP contribution is -2.35. The Morgan fingerprint density at radius 1 is 1.37 bits per heavy atom. The van der Waals surface area contributed by atoms with Crippen molar-refractivity contribution in [3.63, 3.8) is 0 Å². The summed E-state index contributed by atoms with van der Waals surface area (Å²) in [5.41, 5.74) is 1.38. The van der Waals surface area contributed by atoms with Crippen LogP contribution < -0.4 is 15.4 Å². The molecule has 3 rings (SSSR count). The molecule has 1 fully saturated rings. The maximum absolute atomic E-state index is 12.6. The van der Waals surface area contributed by atoms with E-state index in [1.807, 2.05) is 13.2 Å². The Balaban J connectivity index is 1.57. The van der Waals surface area contributed by atoms with Gasteiger partial charge in [0, 0.05) is 38.8 Å². The first-order valence-corrected chi connectivity index (χ1v) is 8.64. The Morgan fingerprint density at radius 3 is 2.85 bits per heavy atom. The monoisotopic (exact) mass is 382 g/mol. The van der Waals surface area contributed by atoms with E-state index in [-0.39, 0.29) is 36.5 Å². The highest BCUT2D eigenvalue weighted by molar-refractivity contribution is 5.80. The van der Waals surface area contributed by atoms with E-state index in [1.165, 1.54) is 12.1 Å². The van der Waals surface area contributed by atoms with Crippen LogP contribution in [-0.2, 0) is 18.3 Å². The third-order valence-electron chi connectivity index (χ3n) is 4.60. The van der Waals surface area contributed by atoms with Gasteiger partial charge < -0.3 is 15.4 Å². The average Bonchev–Trinajstić information content (AvgIpc) is 3.23. The van der Waals surface area contributed by atoms with Gasteiger partial charge in [-0.15, -0.1) is 13.2 Å². The molecule has 1 aromatic heterocycles. The summed E-state index contributed by atoms with van der Waals surface area (Å²) in [4.78, 5) is 12.6. The van der Waals surface area contributed by atoms with Gasteiger partial charge in [0.2, 0.25) is 5.91 Å². The number of ether oxygens (including phenoxy) is 1. The van der Waals surface area contributed by atoms with Gasteiger partial charge in [0.15, 0.2) is 0 Å². The SMILES string of the molecule is Cn1cc([C@H]2CNC[C@@H]2C(=O)NCCc2ccccc2OC(F)(F)F)cn1. The van der Waals surface area contributed by atoms with E-state index in [1.54, 1.807) is 23.0 Å². The van der Waals surface area contributed by atoms with Crippen LogP contribution in [0.1, 0.15) is 17.0 Å². The highest BCUT2D eigenvalue weighted by atomic mass is 19.4. The summed E-state index contributed by atoms with van der Waals surface area (Å²) >= 11 is 0. The molecule has 0 aliphatic carbocycles. The molecule has 1 aliphatic rings. The number of carbonyl (C=O) groups is 1. The zero-order valence-electron chi connectivity index (χ0n) is 14.8. The molecule has 2 N–H and O–H groups in total. The minimum absolute atomic E-state index is 0.0274. The van der Waals surface area contributed by atoms with Gasteiger partial charge in [-0.3, -0.25) is 9.48 Å². The number of carbonyl (C=O) groups excluding carboxylic acids is 1. The van der Waals surface area contributed by atoms with Gasteiger partial charge in [0.25, 0.3) is 0 Å². The lowest BCUT2D eigenvalue weighted by atomic mass is 9.90. The Bertz CT molecular complexity index is 791. The Morgan fingerprint density at radius 2 is 2.15 bits per heavy atom. The van der Waals surface area contributed by atoms with Crippen molar-refractivity contribution in [3.05, 3.63) is 47.8 Å². The van der Waals surface area contributed by atoms with Crippen LogP contribution >= 0.6 is 0 Å². The molecule has 1 saturated heterocycles. The molecule has 0 unspecified atom stereocenters. The number of benzene rings is 1. The van der Waals surface area contributed by atoms with Crippen LogP contribution in [0.2, 0.25) is 0 Å². The molecule has 2 heterocycles. The lowest BCUT2D eigenvalue weighted by molar-refractivity contribution is -0.274. The summed E-state index contributed by atoms with van der Waals surface area (Å²) in [6, 6.07) is 5.94. The number of halogens is 3. The highest BCUT2D eigenvalue weighted by Gasteiger charge is 2.35. The number of hydrogen-bond donors (Lipinski definition) is 2. The van der Waals surface area contributed by atoms with Crippen LogP contribution in [0.5, 0.6) is 5.75 Å². The molecule has 6 nitrogen and oxygen atoms in total. The third-order valence-corrected chi connectivity index (χ3v) is 4.60. The van der Waals surface area contributed by atoms with Crippen molar-refractivity contribution in [2.24, 2.45) is 13.0 Å². The second-order valence-corrected chi connectivity index (χ2v) is 6.52. The van der Waals surface area contributed by atoms with Crippen LogP contribution in [0.25, 0.3) is 0 Å². The van der Waals surface area contributed by atoms with Crippen molar-refractivity contribution in [1.29, 1.82) is 0 Å². The normalized spacial score (nSPS) is 19.9. The number of nitrogens with zero attached hydrogens (tertiary/aromatic N) is 2. The quantitative estimate of drug-likeness (QED) is 0.802. The van der Waals surface area contributed by atoms with Gasteiger partial charge in [0.05, 0.1) is 12.1 Å². The van der Waals surface area contributed by atoms with Crippen molar-refractivity contribution in [2.75, 3.05) is 19.6 Å². The van der Waals surface area contributed by atoms with Gasteiger partial charge >= 0.3 is 6.36 Å². The fourth-order valence-electron chi connectivity index (χ4n) is 3.32. The molecule has 0 bridgehead atoms. The molecule has 2 aromatic rings.